The number of rotatable bonds is 3. The van der Waals surface area contributed by atoms with Gasteiger partial charge in [0.1, 0.15) is 0 Å². The summed E-state index contributed by atoms with van der Waals surface area (Å²) in [6.45, 7) is 0.0815. The van der Waals surface area contributed by atoms with E-state index in [0.29, 0.717) is 15.6 Å². The molecular weight excluding hydrogens is 321 g/mol. The Morgan fingerprint density at radius 2 is 1.77 bits per heavy atom. The topological polar surface area (TPSA) is 50.8 Å². The van der Waals surface area contributed by atoms with Crippen LogP contribution in [0.15, 0.2) is 42.5 Å². The van der Waals surface area contributed by atoms with Crippen molar-refractivity contribution in [2.24, 2.45) is 7.05 Å². The van der Waals surface area contributed by atoms with Gasteiger partial charge in [0.25, 0.3) is 0 Å². The van der Waals surface area contributed by atoms with Crippen LogP contribution < -0.4 is 5.62 Å². The smallest absolute Gasteiger partial charge is 0.203 e. The zero-order valence-electron chi connectivity index (χ0n) is 11.8. The summed E-state index contributed by atoms with van der Waals surface area (Å²) in [5.41, 5.74) is 2.52. The normalized spacial score (nSPS) is 11.0. The first-order valence-electron chi connectivity index (χ1n) is 6.66. The predicted octanol–water partition coefficient (Wildman–Crippen LogP) is 3.65. The van der Waals surface area contributed by atoms with Gasteiger partial charge >= 0.3 is 0 Å². The molecule has 0 aliphatic carbocycles. The number of aryl methyl sites for hydroxylation is 1. The largest absolute Gasteiger partial charge is 0.313 e. The molecule has 2 aromatic carbocycles. The van der Waals surface area contributed by atoms with Gasteiger partial charge in [0.15, 0.2) is 5.78 Å². The average molecular weight is 334 g/mol. The van der Waals surface area contributed by atoms with Gasteiger partial charge in [-0.15, -0.1) is 0 Å². The summed E-state index contributed by atoms with van der Waals surface area (Å²) in [6.07, 6.45) is 0. The fraction of sp³-hybridized carbons (Fsp3) is 0.125. The number of halogens is 2. The summed E-state index contributed by atoms with van der Waals surface area (Å²) in [5, 5.41) is 8.95. The number of aromatic nitrogens is 2. The van der Waals surface area contributed by atoms with Gasteiger partial charge in [-0.3, -0.25) is 10.2 Å². The molecule has 3 rings (SSSR count). The van der Waals surface area contributed by atoms with Crippen molar-refractivity contribution in [1.29, 1.82) is 5.41 Å². The molecule has 1 N–H and O–H groups in total. The zero-order valence-corrected chi connectivity index (χ0v) is 13.3. The molecule has 1 aromatic heterocycles. The SMILES string of the molecule is Cn1c(=N)n(CC(=O)c2ccc(Cl)c(Cl)c2)c2ccccc21. The maximum absolute atomic E-state index is 12.5. The molecule has 0 amide bonds. The first-order valence-corrected chi connectivity index (χ1v) is 7.41. The summed E-state index contributed by atoms with van der Waals surface area (Å²) < 4.78 is 3.43. The minimum absolute atomic E-state index is 0.0815. The number of nitrogens with one attached hydrogen (secondary N) is 1. The van der Waals surface area contributed by atoms with E-state index in [1.165, 1.54) is 0 Å². The number of ketones is 1. The van der Waals surface area contributed by atoms with Crippen LogP contribution in [0.3, 0.4) is 0 Å². The Labute approximate surface area is 137 Å². The molecule has 4 nitrogen and oxygen atoms in total. The number of carbonyl (C=O) groups excluding carboxylic acids is 1. The highest BCUT2D eigenvalue weighted by atomic mass is 35.5. The number of benzene rings is 2. The van der Waals surface area contributed by atoms with Crippen LogP contribution >= 0.6 is 23.2 Å². The van der Waals surface area contributed by atoms with Crippen molar-refractivity contribution in [2.45, 2.75) is 6.54 Å². The zero-order chi connectivity index (χ0) is 15.9. The molecule has 0 radical (unpaired) electrons. The Balaban J connectivity index is 2.03. The highest BCUT2D eigenvalue weighted by Gasteiger charge is 2.13. The van der Waals surface area contributed by atoms with Crippen molar-refractivity contribution in [1.82, 2.24) is 9.13 Å². The third kappa shape index (κ3) is 2.45. The molecule has 0 bridgehead atoms. The van der Waals surface area contributed by atoms with Crippen LogP contribution in [0.25, 0.3) is 11.0 Å². The molecule has 22 heavy (non-hydrogen) atoms. The van der Waals surface area contributed by atoms with Gasteiger partial charge in [-0.2, -0.15) is 0 Å². The molecule has 0 atom stereocenters. The lowest BCUT2D eigenvalue weighted by molar-refractivity contribution is 0.0971. The minimum atomic E-state index is -0.117. The molecule has 112 valence electrons. The van der Waals surface area contributed by atoms with Crippen LogP contribution in [0.2, 0.25) is 10.0 Å². The van der Waals surface area contributed by atoms with E-state index in [1.807, 2.05) is 31.3 Å². The molecule has 0 aliphatic heterocycles. The number of imidazole rings is 1. The number of carbonyl (C=O) groups is 1. The highest BCUT2D eigenvalue weighted by molar-refractivity contribution is 6.42. The quantitative estimate of drug-likeness (QED) is 0.731. The lowest BCUT2D eigenvalue weighted by Gasteiger charge is -2.05. The Bertz CT molecular complexity index is 940. The fourth-order valence-corrected chi connectivity index (χ4v) is 2.75. The van der Waals surface area contributed by atoms with Crippen LogP contribution in [0, 0.1) is 5.41 Å². The number of Topliss-reactive ketones (excluding diaryl/α,β-unsaturated/α-hetero) is 1. The van der Waals surface area contributed by atoms with Crippen LogP contribution in [0.4, 0.5) is 0 Å². The second kappa shape index (κ2) is 5.63. The number of fused-ring (bicyclic) bond motifs is 1. The van der Waals surface area contributed by atoms with Gasteiger partial charge in [0, 0.05) is 12.6 Å². The molecule has 0 saturated carbocycles. The maximum atomic E-state index is 12.5. The van der Waals surface area contributed by atoms with Crippen molar-refractivity contribution in [3.8, 4) is 0 Å². The third-order valence-electron chi connectivity index (χ3n) is 3.65. The first kappa shape index (κ1) is 14.9. The van der Waals surface area contributed by atoms with Crippen LogP contribution in [0.5, 0.6) is 0 Å². The van der Waals surface area contributed by atoms with E-state index in [1.54, 1.807) is 27.3 Å². The number of hydrogen-bond acceptors (Lipinski definition) is 2. The van der Waals surface area contributed by atoms with E-state index < -0.39 is 0 Å². The summed E-state index contributed by atoms with van der Waals surface area (Å²) in [7, 11) is 1.81. The van der Waals surface area contributed by atoms with Crippen LogP contribution in [-0.2, 0) is 13.6 Å². The monoisotopic (exact) mass is 333 g/mol. The van der Waals surface area contributed by atoms with Gasteiger partial charge in [0.05, 0.1) is 27.6 Å². The summed E-state index contributed by atoms with van der Waals surface area (Å²) in [4.78, 5) is 12.5. The standard InChI is InChI=1S/C16H13Cl2N3O/c1-20-13-4-2-3-5-14(13)21(16(20)19)9-15(22)10-6-7-11(17)12(18)8-10/h2-8,19H,9H2,1H3. The van der Waals surface area contributed by atoms with Crippen molar-refractivity contribution < 1.29 is 4.79 Å². The molecule has 0 saturated heterocycles. The van der Waals surface area contributed by atoms with E-state index >= 15 is 0 Å². The van der Waals surface area contributed by atoms with E-state index in [0.717, 1.165) is 11.0 Å². The van der Waals surface area contributed by atoms with Crippen molar-refractivity contribution in [3.63, 3.8) is 0 Å². The molecule has 6 heteroatoms. The second-order valence-electron chi connectivity index (χ2n) is 5.01. The Morgan fingerprint density at radius 3 is 2.45 bits per heavy atom. The molecule has 1 heterocycles. The number of hydrogen-bond donors (Lipinski definition) is 1. The maximum Gasteiger partial charge on any atom is 0.203 e. The van der Waals surface area contributed by atoms with Crippen LogP contribution in [0.1, 0.15) is 10.4 Å². The summed E-state index contributed by atoms with van der Waals surface area (Å²) in [6, 6.07) is 12.4. The average Bonchev–Trinajstić information content (AvgIpc) is 2.75. The second-order valence-corrected chi connectivity index (χ2v) is 5.82. The third-order valence-corrected chi connectivity index (χ3v) is 4.39. The Kier molecular flexibility index (Phi) is 3.81. The molecule has 0 fully saturated rings. The van der Waals surface area contributed by atoms with Crippen molar-refractivity contribution in [3.05, 3.63) is 63.7 Å². The van der Waals surface area contributed by atoms with Gasteiger partial charge < -0.3 is 9.13 Å². The van der Waals surface area contributed by atoms with E-state index in [2.05, 4.69) is 0 Å². The van der Waals surface area contributed by atoms with E-state index in [-0.39, 0.29) is 17.9 Å². The van der Waals surface area contributed by atoms with Crippen LogP contribution in [-0.4, -0.2) is 14.9 Å². The molecule has 0 aliphatic rings. The van der Waals surface area contributed by atoms with Crippen molar-refractivity contribution in [2.75, 3.05) is 0 Å². The summed E-state index contributed by atoms with van der Waals surface area (Å²) >= 11 is 11.8. The Morgan fingerprint density at radius 1 is 1.09 bits per heavy atom. The molecule has 0 spiro atoms. The fourth-order valence-electron chi connectivity index (χ4n) is 2.45. The van der Waals surface area contributed by atoms with Gasteiger partial charge in [-0.1, -0.05) is 35.3 Å². The highest BCUT2D eigenvalue weighted by Crippen LogP contribution is 2.23. The lowest BCUT2D eigenvalue weighted by atomic mass is 10.1. The van der Waals surface area contributed by atoms with Crippen molar-refractivity contribution >= 4 is 40.0 Å². The first-order chi connectivity index (χ1) is 10.5. The van der Waals surface area contributed by atoms with Gasteiger partial charge in [0.2, 0.25) is 5.62 Å². The Hall–Kier alpha value is -2.04. The number of nitrogens with zero attached hydrogens (tertiary/aromatic N) is 2. The van der Waals surface area contributed by atoms with Gasteiger partial charge in [-0.05, 0) is 30.3 Å². The van der Waals surface area contributed by atoms with E-state index in [9.17, 15) is 4.79 Å². The molecule has 0 unspecified atom stereocenters. The summed E-state index contributed by atoms with van der Waals surface area (Å²) in [5.74, 6) is -0.117. The predicted molar refractivity (Wildman–Crippen MR) is 87.6 cm³/mol. The molecule has 3 aromatic rings. The lowest BCUT2D eigenvalue weighted by Crippen LogP contribution is -2.25. The minimum Gasteiger partial charge on any atom is -0.313 e. The molecular formula is C16H13Cl2N3O. The van der Waals surface area contributed by atoms with Gasteiger partial charge in [-0.25, -0.2) is 0 Å². The van der Waals surface area contributed by atoms with E-state index in [4.69, 9.17) is 28.6 Å². The number of para-hydroxylation sites is 2.